The van der Waals surface area contributed by atoms with Crippen molar-refractivity contribution in [1.29, 1.82) is 0 Å². The Morgan fingerprint density at radius 1 is 1.41 bits per heavy atom. The van der Waals surface area contributed by atoms with Gasteiger partial charge in [0.15, 0.2) is 0 Å². The molecule has 0 saturated carbocycles. The summed E-state index contributed by atoms with van der Waals surface area (Å²) in [5.74, 6) is 0. The molecule has 0 aliphatic carbocycles. The number of hydrogen-bond acceptors (Lipinski definition) is 4. The van der Waals surface area contributed by atoms with Gasteiger partial charge >= 0.3 is 0 Å². The molecule has 1 rings (SSSR count). The predicted octanol–water partition coefficient (Wildman–Crippen LogP) is 0.752. The van der Waals surface area contributed by atoms with Crippen molar-refractivity contribution in [3.8, 4) is 0 Å². The largest absolute Gasteiger partial charge is 0.378 e. The third-order valence-corrected chi connectivity index (χ3v) is 4.61. The van der Waals surface area contributed by atoms with E-state index in [1.165, 1.54) is 0 Å². The van der Waals surface area contributed by atoms with Gasteiger partial charge in [-0.05, 0) is 34.1 Å². The number of anilines is 1. The van der Waals surface area contributed by atoms with Crippen molar-refractivity contribution in [2.24, 2.45) is 5.73 Å². The summed E-state index contributed by atoms with van der Waals surface area (Å²) in [4.78, 5) is 2.06. The minimum atomic E-state index is -3.51. The number of nitrogens with zero attached hydrogens (tertiary/aromatic N) is 1. The predicted molar refractivity (Wildman–Crippen MR) is 72.7 cm³/mol. The molecule has 0 aliphatic heterocycles. The van der Waals surface area contributed by atoms with E-state index in [-0.39, 0.29) is 18.0 Å². The highest BCUT2D eigenvalue weighted by atomic mass is 79.9. The summed E-state index contributed by atoms with van der Waals surface area (Å²) in [5, 5.41) is 0. The van der Waals surface area contributed by atoms with E-state index in [1.54, 1.807) is 12.1 Å². The van der Waals surface area contributed by atoms with Crippen molar-refractivity contribution in [2.75, 3.05) is 32.1 Å². The van der Waals surface area contributed by atoms with E-state index in [1.807, 2.05) is 25.1 Å². The van der Waals surface area contributed by atoms with Crippen LogP contribution < -0.4 is 15.4 Å². The van der Waals surface area contributed by atoms with Crippen molar-refractivity contribution in [3.05, 3.63) is 22.7 Å². The maximum absolute atomic E-state index is 12.0. The number of halogens is 1. The summed E-state index contributed by atoms with van der Waals surface area (Å²) in [6.45, 7) is 0.491. The standard InChI is InChI=1S/C10H16BrN3O2S/c1-14(2)8-3-4-9(11)10(7-8)17(15,16)13-6-5-12/h3-4,7,13H,5-6,12H2,1-2H3. The molecular formula is C10H16BrN3O2S. The molecule has 0 heterocycles. The number of nitrogens with two attached hydrogens (primary N) is 1. The Labute approximate surface area is 110 Å². The summed E-state index contributed by atoms with van der Waals surface area (Å²) >= 11 is 3.24. The second-order valence-corrected chi connectivity index (χ2v) is 6.29. The lowest BCUT2D eigenvalue weighted by molar-refractivity contribution is 0.581. The van der Waals surface area contributed by atoms with Crippen molar-refractivity contribution in [1.82, 2.24) is 4.72 Å². The van der Waals surface area contributed by atoms with Gasteiger partial charge in [-0.2, -0.15) is 0 Å². The van der Waals surface area contributed by atoms with E-state index >= 15 is 0 Å². The van der Waals surface area contributed by atoms with E-state index in [0.29, 0.717) is 4.47 Å². The number of sulfonamides is 1. The van der Waals surface area contributed by atoms with Gasteiger partial charge in [0.1, 0.15) is 0 Å². The maximum Gasteiger partial charge on any atom is 0.241 e. The van der Waals surface area contributed by atoms with Gasteiger partial charge in [0.2, 0.25) is 10.0 Å². The molecule has 0 unspecified atom stereocenters. The Morgan fingerprint density at radius 2 is 2.06 bits per heavy atom. The molecule has 0 atom stereocenters. The van der Waals surface area contributed by atoms with E-state index in [9.17, 15) is 8.42 Å². The van der Waals surface area contributed by atoms with Crippen molar-refractivity contribution < 1.29 is 8.42 Å². The number of hydrogen-bond donors (Lipinski definition) is 2. The lowest BCUT2D eigenvalue weighted by Gasteiger charge is -2.15. The Hall–Kier alpha value is -0.630. The van der Waals surface area contributed by atoms with Crippen LogP contribution in [0.3, 0.4) is 0 Å². The molecule has 0 bridgehead atoms. The normalized spacial score (nSPS) is 11.5. The molecule has 0 amide bonds. The zero-order valence-corrected chi connectivity index (χ0v) is 12.2. The van der Waals surface area contributed by atoms with Crippen LogP contribution in [0.5, 0.6) is 0 Å². The van der Waals surface area contributed by atoms with Gasteiger partial charge in [0, 0.05) is 37.3 Å². The van der Waals surface area contributed by atoms with Crippen LogP contribution in [0.1, 0.15) is 0 Å². The third-order valence-electron chi connectivity index (χ3n) is 2.16. The molecule has 0 aromatic heterocycles. The van der Waals surface area contributed by atoms with Crippen LogP contribution in [0, 0.1) is 0 Å². The van der Waals surface area contributed by atoms with Crippen LogP contribution in [0.25, 0.3) is 0 Å². The fourth-order valence-electron chi connectivity index (χ4n) is 1.25. The zero-order valence-electron chi connectivity index (χ0n) is 9.77. The van der Waals surface area contributed by atoms with Gasteiger partial charge in [-0.3, -0.25) is 0 Å². The first-order valence-electron chi connectivity index (χ1n) is 5.05. The molecule has 0 saturated heterocycles. The summed E-state index contributed by atoms with van der Waals surface area (Å²) in [5.41, 5.74) is 6.10. The molecular weight excluding hydrogens is 306 g/mol. The van der Waals surface area contributed by atoms with Crippen LogP contribution in [-0.4, -0.2) is 35.6 Å². The lowest BCUT2D eigenvalue weighted by Crippen LogP contribution is -2.29. The summed E-state index contributed by atoms with van der Waals surface area (Å²) < 4.78 is 26.9. The fraction of sp³-hybridized carbons (Fsp3) is 0.400. The maximum atomic E-state index is 12.0. The average molecular weight is 322 g/mol. The molecule has 5 nitrogen and oxygen atoms in total. The van der Waals surface area contributed by atoms with Gasteiger partial charge in [0.05, 0.1) is 4.90 Å². The highest BCUT2D eigenvalue weighted by Gasteiger charge is 2.17. The molecule has 1 aromatic carbocycles. The highest BCUT2D eigenvalue weighted by molar-refractivity contribution is 9.10. The molecule has 0 aliphatic rings. The van der Waals surface area contributed by atoms with Crippen LogP contribution in [0.2, 0.25) is 0 Å². The molecule has 0 fully saturated rings. The number of rotatable bonds is 5. The topological polar surface area (TPSA) is 75.4 Å². The minimum Gasteiger partial charge on any atom is -0.378 e. The summed E-state index contributed by atoms with van der Waals surface area (Å²) in [7, 11) is 0.196. The number of benzene rings is 1. The first-order valence-corrected chi connectivity index (χ1v) is 7.32. The van der Waals surface area contributed by atoms with Crippen molar-refractivity contribution in [2.45, 2.75) is 4.90 Å². The molecule has 1 aromatic rings. The summed E-state index contributed by atoms with van der Waals surface area (Å²) in [6, 6.07) is 5.17. The lowest BCUT2D eigenvalue weighted by atomic mass is 10.3. The number of nitrogens with one attached hydrogen (secondary N) is 1. The second-order valence-electron chi connectivity index (χ2n) is 3.70. The second kappa shape index (κ2) is 5.81. The Morgan fingerprint density at radius 3 is 2.59 bits per heavy atom. The molecule has 0 spiro atoms. The van der Waals surface area contributed by atoms with Crippen LogP contribution in [0.4, 0.5) is 5.69 Å². The van der Waals surface area contributed by atoms with Crippen molar-refractivity contribution >= 4 is 31.6 Å². The fourth-order valence-corrected chi connectivity index (χ4v) is 3.28. The molecule has 0 radical (unpaired) electrons. The molecule has 96 valence electrons. The van der Waals surface area contributed by atoms with E-state index in [2.05, 4.69) is 20.7 Å². The van der Waals surface area contributed by atoms with Gasteiger partial charge in [0.25, 0.3) is 0 Å². The van der Waals surface area contributed by atoms with E-state index in [0.717, 1.165) is 5.69 Å². The van der Waals surface area contributed by atoms with Crippen LogP contribution in [-0.2, 0) is 10.0 Å². The average Bonchev–Trinajstić information content (AvgIpc) is 2.26. The first-order chi connectivity index (χ1) is 7.88. The molecule has 3 N–H and O–H groups in total. The monoisotopic (exact) mass is 321 g/mol. The minimum absolute atomic E-state index is 0.220. The van der Waals surface area contributed by atoms with Gasteiger partial charge in [-0.25, -0.2) is 13.1 Å². The summed E-state index contributed by atoms with van der Waals surface area (Å²) in [6.07, 6.45) is 0. The quantitative estimate of drug-likeness (QED) is 0.839. The SMILES string of the molecule is CN(C)c1ccc(Br)c(S(=O)(=O)NCCN)c1. The van der Waals surface area contributed by atoms with E-state index in [4.69, 9.17) is 5.73 Å². The highest BCUT2D eigenvalue weighted by Crippen LogP contribution is 2.26. The van der Waals surface area contributed by atoms with Crippen molar-refractivity contribution in [3.63, 3.8) is 0 Å². The molecule has 7 heteroatoms. The van der Waals surface area contributed by atoms with Gasteiger partial charge < -0.3 is 10.6 Å². The Balaban J connectivity index is 3.16. The Bertz CT molecular complexity index is 488. The zero-order chi connectivity index (χ0) is 13.1. The first kappa shape index (κ1) is 14.4. The molecule has 17 heavy (non-hydrogen) atoms. The van der Waals surface area contributed by atoms with Crippen LogP contribution >= 0.6 is 15.9 Å². The van der Waals surface area contributed by atoms with E-state index < -0.39 is 10.0 Å². The Kier molecular flexibility index (Phi) is 4.93. The van der Waals surface area contributed by atoms with Gasteiger partial charge in [-0.15, -0.1) is 0 Å². The van der Waals surface area contributed by atoms with Crippen LogP contribution in [0.15, 0.2) is 27.6 Å². The smallest absolute Gasteiger partial charge is 0.241 e. The van der Waals surface area contributed by atoms with Gasteiger partial charge in [-0.1, -0.05) is 0 Å². The third kappa shape index (κ3) is 3.67.